The molecule has 0 fully saturated rings. The summed E-state index contributed by atoms with van der Waals surface area (Å²) >= 11 is 0. The second-order valence-corrected chi connectivity index (χ2v) is 6.46. The molecule has 0 saturated carbocycles. The molecular formula is C15H16S2. The monoisotopic (exact) mass is 260 g/mol. The Balaban J connectivity index is 1.71. The topological polar surface area (TPSA) is 0 Å². The van der Waals surface area contributed by atoms with E-state index in [9.17, 15) is 0 Å². The van der Waals surface area contributed by atoms with Gasteiger partial charge in [-0.15, -0.1) is 0 Å². The van der Waals surface area contributed by atoms with Crippen LogP contribution in [0.2, 0.25) is 0 Å². The summed E-state index contributed by atoms with van der Waals surface area (Å²) in [6, 6.07) is 19.4. The minimum absolute atomic E-state index is 1.08. The number of hydrogen-bond acceptors (Lipinski definition) is 2. The molecule has 0 atom stereocenters. The molecule has 0 radical (unpaired) electrons. The normalized spacial score (nSPS) is 10.4. The highest BCUT2D eigenvalue weighted by Gasteiger charge is 1.95. The van der Waals surface area contributed by atoms with Crippen LogP contribution >= 0.6 is 21.6 Å². The van der Waals surface area contributed by atoms with E-state index in [0.717, 1.165) is 11.5 Å². The highest BCUT2D eigenvalue weighted by atomic mass is 33.1. The molecule has 0 bridgehead atoms. The van der Waals surface area contributed by atoms with Crippen molar-refractivity contribution in [2.24, 2.45) is 0 Å². The van der Waals surface area contributed by atoms with Crippen molar-refractivity contribution in [1.29, 1.82) is 0 Å². The van der Waals surface area contributed by atoms with Crippen LogP contribution < -0.4 is 0 Å². The smallest absolute Gasteiger partial charge is 0.0288 e. The number of benzene rings is 2. The Labute approximate surface area is 111 Å². The molecule has 2 heteroatoms. The van der Waals surface area contributed by atoms with Gasteiger partial charge in [0.25, 0.3) is 0 Å². The largest absolute Gasteiger partial charge is 0.0890 e. The highest BCUT2D eigenvalue weighted by Crippen LogP contribution is 2.29. The minimum atomic E-state index is 1.08. The van der Waals surface area contributed by atoms with Gasteiger partial charge in [-0.25, -0.2) is 0 Å². The standard InChI is InChI=1S/C15H16S2/c1-13-7-9-15(10-8-13)12-17-16-11-14-5-3-2-4-6-14/h2-10H,11-12H2,1H3. The lowest BCUT2D eigenvalue weighted by Gasteiger charge is -2.02. The molecule has 2 aromatic rings. The van der Waals surface area contributed by atoms with Crippen LogP contribution in [-0.2, 0) is 11.5 Å². The SMILES string of the molecule is Cc1ccc(CSSCc2ccccc2)cc1. The van der Waals surface area contributed by atoms with Gasteiger partial charge in [0, 0.05) is 11.5 Å². The van der Waals surface area contributed by atoms with E-state index in [4.69, 9.17) is 0 Å². The zero-order valence-corrected chi connectivity index (χ0v) is 11.6. The van der Waals surface area contributed by atoms with Crippen LogP contribution in [0.5, 0.6) is 0 Å². The van der Waals surface area contributed by atoms with E-state index in [2.05, 4.69) is 61.5 Å². The van der Waals surface area contributed by atoms with Gasteiger partial charge in [0.2, 0.25) is 0 Å². The van der Waals surface area contributed by atoms with Crippen molar-refractivity contribution >= 4 is 21.6 Å². The van der Waals surface area contributed by atoms with Crippen LogP contribution in [0, 0.1) is 6.92 Å². The predicted octanol–water partition coefficient (Wildman–Crippen LogP) is 5.08. The molecule has 0 unspecified atom stereocenters. The van der Waals surface area contributed by atoms with Crippen LogP contribution in [0.25, 0.3) is 0 Å². The van der Waals surface area contributed by atoms with Gasteiger partial charge >= 0.3 is 0 Å². The van der Waals surface area contributed by atoms with Crippen LogP contribution in [0.4, 0.5) is 0 Å². The first kappa shape index (κ1) is 12.6. The third kappa shape index (κ3) is 4.49. The summed E-state index contributed by atoms with van der Waals surface area (Å²) in [5, 5.41) is 0. The van der Waals surface area contributed by atoms with Crippen molar-refractivity contribution in [2.75, 3.05) is 0 Å². The molecule has 0 heterocycles. The fourth-order valence-corrected chi connectivity index (χ4v) is 3.62. The van der Waals surface area contributed by atoms with E-state index in [1.54, 1.807) is 0 Å². The molecular weight excluding hydrogens is 244 g/mol. The third-order valence-corrected chi connectivity index (χ3v) is 4.77. The van der Waals surface area contributed by atoms with E-state index in [-0.39, 0.29) is 0 Å². The Bertz CT molecular complexity index is 434. The van der Waals surface area contributed by atoms with Crippen molar-refractivity contribution in [2.45, 2.75) is 18.4 Å². The molecule has 0 nitrogen and oxygen atoms in total. The van der Waals surface area contributed by atoms with Gasteiger partial charge in [-0.3, -0.25) is 0 Å². The fraction of sp³-hybridized carbons (Fsp3) is 0.200. The average Bonchev–Trinajstić information content (AvgIpc) is 2.38. The molecule has 0 amide bonds. The van der Waals surface area contributed by atoms with E-state index < -0.39 is 0 Å². The Hall–Kier alpha value is -0.860. The molecule has 2 aromatic carbocycles. The van der Waals surface area contributed by atoms with Crippen molar-refractivity contribution < 1.29 is 0 Å². The first-order valence-corrected chi connectivity index (χ1v) is 8.17. The van der Waals surface area contributed by atoms with Crippen molar-refractivity contribution in [3.63, 3.8) is 0 Å². The van der Waals surface area contributed by atoms with Crippen LogP contribution in [0.1, 0.15) is 16.7 Å². The molecule has 0 N–H and O–H groups in total. The lowest BCUT2D eigenvalue weighted by Crippen LogP contribution is -1.80. The quantitative estimate of drug-likeness (QED) is 0.543. The summed E-state index contributed by atoms with van der Waals surface area (Å²) in [5.74, 6) is 2.16. The van der Waals surface area contributed by atoms with Gasteiger partial charge < -0.3 is 0 Å². The first-order chi connectivity index (χ1) is 8.34. The second-order valence-electron chi connectivity index (χ2n) is 4.00. The fourth-order valence-electron chi connectivity index (χ4n) is 1.48. The number of hydrogen-bond donors (Lipinski definition) is 0. The Kier molecular flexibility index (Phi) is 5.02. The maximum absolute atomic E-state index is 2.21. The van der Waals surface area contributed by atoms with Crippen LogP contribution in [-0.4, -0.2) is 0 Å². The molecule has 2 rings (SSSR count). The molecule has 0 aliphatic rings. The number of rotatable bonds is 5. The highest BCUT2D eigenvalue weighted by molar-refractivity contribution is 8.76. The maximum Gasteiger partial charge on any atom is 0.0288 e. The summed E-state index contributed by atoms with van der Waals surface area (Å²) in [6.45, 7) is 2.13. The van der Waals surface area contributed by atoms with Crippen molar-refractivity contribution in [3.8, 4) is 0 Å². The Morgan fingerprint density at radius 3 is 1.82 bits per heavy atom. The van der Waals surface area contributed by atoms with E-state index >= 15 is 0 Å². The van der Waals surface area contributed by atoms with Gasteiger partial charge in [0.15, 0.2) is 0 Å². The predicted molar refractivity (Wildman–Crippen MR) is 80.2 cm³/mol. The van der Waals surface area contributed by atoms with Crippen molar-refractivity contribution in [1.82, 2.24) is 0 Å². The van der Waals surface area contributed by atoms with Gasteiger partial charge in [-0.2, -0.15) is 0 Å². The summed E-state index contributed by atoms with van der Waals surface area (Å²) in [6.07, 6.45) is 0. The van der Waals surface area contributed by atoms with Crippen LogP contribution in [0.3, 0.4) is 0 Å². The molecule has 0 aromatic heterocycles. The van der Waals surface area contributed by atoms with E-state index in [1.165, 1.54) is 16.7 Å². The van der Waals surface area contributed by atoms with Gasteiger partial charge in [0.1, 0.15) is 0 Å². The molecule has 88 valence electrons. The van der Waals surface area contributed by atoms with Crippen molar-refractivity contribution in [3.05, 3.63) is 71.3 Å². The van der Waals surface area contributed by atoms with Crippen LogP contribution in [0.15, 0.2) is 54.6 Å². The Morgan fingerprint density at radius 2 is 1.24 bits per heavy atom. The second kappa shape index (κ2) is 6.77. The lowest BCUT2D eigenvalue weighted by molar-refractivity contribution is 1.37. The molecule has 17 heavy (non-hydrogen) atoms. The molecule has 0 saturated heterocycles. The average molecular weight is 260 g/mol. The maximum atomic E-state index is 2.21. The van der Waals surface area contributed by atoms with E-state index in [1.807, 2.05) is 21.6 Å². The lowest BCUT2D eigenvalue weighted by atomic mass is 10.2. The zero-order chi connectivity index (χ0) is 11.9. The minimum Gasteiger partial charge on any atom is -0.0890 e. The molecule has 0 aliphatic heterocycles. The summed E-state index contributed by atoms with van der Waals surface area (Å²) in [5.41, 5.74) is 4.13. The van der Waals surface area contributed by atoms with E-state index in [0.29, 0.717) is 0 Å². The van der Waals surface area contributed by atoms with Gasteiger partial charge in [-0.1, -0.05) is 81.7 Å². The Morgan fingerprint density at radius 1 is 0.706 bits per heavy atom. The van der Waals surface area contributed by atoms with Gasteiger partial charge in [-0.05, 0) is 18.1 Å². The first-order valence-electron chi connectivity index (χ1n) is 5.68. The molecule has 0 spiro atoms. The number of aryl methyl sites for hydroxylation is 1. The summed E-state index contributed by atoms with van der Waals surface area (Å²) in [4.78, 5) is 0. The molecule has 0 aliphatic carbocycles. The summed E-state index contributed by atoms with van der Waals surface area (Å²) in [7, 11) is 3.85. The van der Waals surface area contributed by atoms with Gasteiger partial charge in [0.05, 0.1) is 0 Å². The zero-order valence-electron chi connectivity index (χ0n) is 9.93. The third-order valence-electron chi connectivity index (χ3n) is 2.50. The summed E-state index contributed by atoms with van der Waals surface area (Å²) < 4.78 is 0.